The average Bonchev–Trinajstić information content (AvgIpc) is 2.62. The number of benzene rings is 2. The van der Waals surface area contributed by atoms with Crippen LogP contribution in [0.1, 0.15) is 11.1 Å². The predicted octanol–water partition coefficient (Wildman–Crippen LogP) is 4.44. The zero-order chi connectivity index (χ0) is 16.4. The highest BCUT2D eigenvalue weighted by atomic mass is 35.5. The third-order valence-electron chi connectivity index (χ3n) is 4.20. The molecule has 0 bridgehead atoms. The van der Waals surface area contributed by atoms with E-state index in [4.69, 9.17) is 11.6 Å². The van der Waals surface area contributed by atoms with Gasteiger partial charge >= 0.3 is 0 Å². The second kappa shape index (κ2) is 6.49. The molecule has 0 spiro atoms. The summed E-state index contributed by atoms with van der Waals surface area (Å²) in [6.07, 6.45) is 2.58. The number of aromatic nitrogens is 2. The van der Waals surface area contributed by atoms with Crippen LogP contribution in [-0.4, -0.2) is 16.5 Å². The van der Waals surface area contributed by atoms with Gasteiger partial charge in [0.25, 0.3) is 0 Å². The number of halogens is 1. The molecule has 0 saturated carbocycles. The lowest BCUT2D eigenvalue weighted by atomic mass is 10.00. The molecule has 0 aliphatic carbocycles. The lowest BCUT2D eigenvalue weighted by Crippen LogP contribution is -2.31. The maximum absolute atomic E-state index is 6.09. The largest absolute Gasteiger partial charge is 0.352 e. The second-order valence-corrected chi connectivity index (χ2v) is 6.27. The molecule has 120 valence electrons. The number of hydrogen-bond donors (Lipinski definition) is 1. The summed E-state index contributed by atoms with van der Waals surface area (Å²) in [5.41, 5.74) is 3.65. The molecule has 0 saturated heterocycles. The lowest BCUT2D eigenvalue weighted by molar-refractivity contribution is 0.719. The molecule has 4 rings (SSSR count). The van der Waals surface area contributed by atoms with Crippen molar-refractivity contribution in [3.63, 3.8) is 0 Å². The first-order chi connectivity index (χ1) is 11.8. The van der Waals surface area contributed by atoms with Crippen LogP contribution in [0.3, 0.4) is 0 Å². The third kappa shape index (κ3) is 3.19. The first-order valence-corrected chi connectivity index (χ1v) is 8.32. The van der Waals surface area contributed by atoms with E-state index in [9.17, 15) is 0 Å². The average molecular weight is 337 g/mol. The summed E-state index contributed by atoms with van der Waals surface area (Å²) in [7, 11) is 0. The molecule has 1 N–H and O–H groups in total. The Hall–Kier alpha value is -2.59. The second-order valence-electron chi connectivity index (χ2n) is 5.84. The summed E-state index contributed by atoms with van der Waals surface area (Å²) in [5.74, 6) is 1.73. The standard InChI is InChI=1S/C19H17ClN4/c20-16-7-6-15-12-24(9-8-14(15)10-16)19-11-18(21-13-22-19)23-17-4-2-1-3-5-17/h1-7,10-11,13H,8-9,12H2,(H,21,22,23). The van der Waals surface area contributed by atoms with Crippen molar-refractivity contribution < 1.29 is 0 Å². The quantitative estimate of drug-likeness (QED) is 0.768. The van der Waals surface area contributed by atoms with Gasteiger partial charge in [-0.2, -0.15) is 0 Å². The van der Waals surface area contributed by atoms with E-state index in [1.165, 1.54) is 11.1 Å². The van der Waals surface area contributed by atoms with Crippen LogP contribution in [0.15, 0.2) is 60.9 Å². The van der Waals surface area contributed by atoms with Crippen LogP contribution in [0.5, 0.6) is 0 Å². The molecule has 0 radical (unpaired) electrons. The first-order valence-electron chi connectivity index (χ1n) is 7.94. The van der Waals surface area contributed by atoms with Gasteiger partial charge in [-0.3, -0.25) is 0 Å². The van der Waals surface area contributed by atoms with Gasteiger partial charge in [-0.1, -0.05) is 35.9 Å². The zero-order valence-corrected chi connectivity index (χ0v) is 13.9. The van der Waals surface area contributed by atoms with E-state index in [1.54, 1.807) is 6.33 Å². The molecule has 0 amide bonds. The van der Waals surface area contributed by atoms with Crippen LogP contribution < -0.4 is 10.2 Å². The number of nitrogens with one attached hydrogen (secondary N) is 1. The summed E-state index contributed by atoms with van der Waals surface area (Å²) in [5, 5.41) is 4.12. The zero-order valence-electron chi connectivity index (χ0n) is 13.1. The van der Waals surface area contributed by atoms with Gasteiger partial charge in [-0.05, 0) is 41.8 Å². The van der Waals surface area contributed by atoms with Crippen LogP contribution in [0.25, 0.3) is 0 Å². The van der Waals surface area contributed by atoms with E-state index >= 15 is 0 Å². The van der Waals surface area contributed by atoms with Crippen molar-refractivity contribution in [2.45, 2.75) is 13.0 Å². The summed E-state index contributed by atoms with van der Waals surface area (Å²) in [6, 6.07) is 18.1. The Morgan fingerprint density at radius 1 is 0.958 bits per heavy atom. The van der Waals surface area contributed by atoms with Crippen molar-refractivity contribution >= 4 is 28.9 Å². The van der Waals surface area contributed by atoms with Gasteiger partial charge in [0.15, 0.2) is 0 Å². The molecular formula is C19H17ClN4. The molecule has 1 aliphatic heterocycles. The SMILES string of the molecule is Clc1ccc2c(c1)CCN(c1cc(Nc3ccccc3)ncn1)C2. The molecule has 0 atom stereocenters. The van der Waals surface area contributed by atoms with E-state index in [-0.39, 0.29) is 0 Å². The molecule has 0 unspecified atom stereocenters. The maximum atomic E-state index is 6.09. The number of anilines is 3. The Morgan fingerprint density at radius 3 is 2.71 bits per heavy atom. The molecule has 1 aromatic heterocycles. The Kier molecular flexibility index (Phi) is 4.05. The summed E-state index contributed by atoms with van der Waals surface area (Å²) in [4.78, 5) is 11.0. The van der Waals surface area contributed by atoms with Crippen LogP contribution >= 0.6 is 11.6 Å². The van der Waals surface area contributed by atoms with Crippen molar-refractivity contribution in [2.24, 2.45) is 0 Å². The molecule has 0 fully saturated rings. The van der Waals surface area contributed by atoms with Crippen molar-refractivity contribution in [1.29, 1.82) is 0 Å². The molecule has 2 heterocycles. The normalized spacial score (nSPS) is 13.5. The molecule has 1 aliphatic rings. The van der Waals surface area contributed by atoms with Gasteiger partial charge in [0.1, 0.15) is 18.0 Å². The fraction of sp³-hybridized carbons (Fsp3) is 0.158. The highest BCUT2D eigenvalue weighted by Gasteiger charge is 2.18. The summed E-state index contributed by atoms with van der Waals surface area (Å²) < 4.78 is 0. The van der Waals surface area contributed by atoms with E-state index < -0.39 is 0 Å². The molecule has 2 aromatic carbocycles. The van der Waals surface area contributed by atoms with E-state index in [0.717, 1.165) is 41.9 Å². The molecule has 5 heteroatoms. The molecular weight excluding hydrogens is 320 g/mol. The number of rotatable bonds is 3. The van der Waals surface area contributed by atoms with Crippen molar-refractivity contribution in [2.75, 3.05) is 16.8 Å². The van der Waals surface area contributed by atoms with Gasteiger partial charge in [-0.25, -0.2) is 9.97 Å². The van der Waals surface area contributed by atoms with Crippen LogP contribution in [0.2, 0.25) is 5.02 Å². The fourth-order valence-electron chi connectivity index (χ4n) is 2.97. The number of para-hydroxylation sites is 1. The van der Waals surface area contributed by atoms with Crippen LogP contribution in [0.4, 0.5) is 17.3 Å². The van der Waals surface area contributed by atoms with Crippen molar-refractivity contribution in [1.82, 2.24) is 9.97 Å². The molecule has 4 nitrogen and oxygen atoms in total. The number of hydrogen-bond acceptors (Lipinski definition) is 4. The van der Waals surface area contributed by atoms with Gasteiger partial charge in [0.2, 0.25) is 0 Å². The Morgan fingerprint density at radius 2 is 1.83 bits per heavy atom. The lowest BCUT2D eigenvalue weighted by Gasteiger charge is -2.30. The van der Waals surface area contributed by atoms with E-state index in [2.05, 4.69) is 32.3 Å². The number of fused-ring (bicyclic) bond motifs is 1. The monoisotopic (exact) mass is 336 g/mol. The van der Waals surface area contributed by atoms with E-state index in [0.29, 0.717) is 0 Å². The fourth-order valence-corrected chi connectivity index (χ4v) is 3.17. The molecule has 3 aromatic rings. The van der Waals surface area contributed by atoms with Gasteiger partial charge in [0.05, 0.1) is 0 Å². The smallest absolute Gasteiger partial charge is 0.135 e. The minimum atomic E-state index is 0.799. The Balaban J connectivity index is 1.55. The number of nitrogens with zero attached hydrogens (tertiary/aromatic N) is 3. The Bertz CT molecular complexity index is 851. The third-order valence-corrected chi connectivity index (χ3v) is 4.44. The van der Waals surface area contributed by atoms with Gasteiger partial charge in [-0.15, -0.1) is 0 Å². The Labute approximate surface area is 146 Å². The highest BCUT2D eigenvalue weighted by molar-refractivity contribution is 6.30. The van der Waals surface area contributed by atoms with Gasteiger partial charge in [0, 0.05) is 29.9 Å². The van der Waals surface area contributed by atoms with Crippen molar-refractivity contribution in [3.05, 3.63) is 77.1 Å². The maximum Gasteiger partial charge on any atom is 0.135 e. The first kappa shape index (κ1) is 15.0. The van der Waals surface area contributed by atoms with Crippen molar-refractivity contribution in [3.8, 4) is 0 Å². The van der Waals surface area contributed by atoms with Crippen LogP contribution in [0, 0.1) is 0 Å². The predicted molar refractivity (Wildman–Crippen MR) is 98.0 cm³/mol. The minimum Gasteiger partial charge on any atom is -0.352 e. The highest BCUT2D eigenvalue weighted by Crippen LogP contribution is 2.26. The van der Waals surface area contributed by atoms with Crippen LogP contribution in [-0.2, 0) is 13.0 Å². The minimum absolute atomic E-state index is 0.799. The molecule has 24 heavy (non-hydrogen) atoms. The summed E-state index contributed by atoms with van der Waals surface area (Å²) in [6.45, 7) is 1.77. The topological polar surface area (TPSA) is 41.0 Å². The van der Waals surface area contributed by atoms with Gasteiger partial charge < -0.3 is 10.2 Å². The van der Waals surface area contributed by atoms with E-state index in [1.807, 2.05) is 42.5 Å². The summed E-state index contributed by atoms with van der Waals surface area (Å²) >= 11 is 6.09.